The number of rotatable bonds is 4. The Kier molecular flexibility index (Phi) is 3.47. The van der Waals surface area contributed by atoms with Crippen LogP contribution in [-0.2, 0) is 16.8 Å². The van der Waals surface area contributed by atoms with E-state index in [2.05, 4.69) is 15.2 Å². The third-order valence-corrected chi connectivity index (χ3v) is 4.20. The maximum atomic E-state index is 11.9. The topological polar surface area (TPSA) is 79.5 Å². The standard InChI is InChI=1S/C15H17N3O3/c1-11-13(17-21-16-11)9-18-8-7-15(10-18,14(19)20)12-5-3-2-4-6-12/h2-6H,7-10H2,1H3,(H,19,20)/t15-/m0/s1. The van der Waals surface area contributed by atoms with Gasteiger partial charge in [-0.2, -0.15) is 0 Å². The van der Waals surface area contributed by atoms with Crippen LogP contribution in [0.1, 0.15) is 23.4 Å². The second-order valence-electron chi connectivity index (χ2n) is 5.51. The number of likely N-dealkylation sites (tertiary alicyclic amines) is 1. The molecule has 0 spiro atoms. The van der Waals surface area contributed by atoms with E-state index in [-0.39, 0.29) is 0 Å². The Hall–Kier alpha value is -2.21. The predicted molar refractivity (Wildman–Crippen MR) is 74.7 cm³/mol. The summed E-state index contributed by atoms with van der Waals surface area (Å²) in [6, 6.07) is 9.44. The Labute approximate surface area is 122 Å². The van der Waals surface area contributed by atoms with Crippen molar-refractivity contribution in [3.63, 3.8) is 0 Å². The Bertz CT molecular complexity index is 641. The second kappa shape index (κ2) is 5.29. The highest BCUT2D eigenvalue weighted by molar-refractivity contribution is 5.82. The second-order valence-corrected chi connectivity index (χ2v) is 5.51. The average molecular weight is 287 g/mol. The summed E-state index contributed by atoms with van der Waals surface area (Å²) in [6.45, 7) is 3.59. The molecule has 1 N–H and O–H groups in total. The van der Waals surface area contributed by atoms with Crippen LogP contribution in [-0.4, -0.2) is 39.4 Å². The molecule has 0 saturated carbocycles. The molecule has 0 bridgehead atoms. The minimum absolute atomic E-state index is 0.471. The van der Waals surface area contributed by atoms with Gasteiger partial charge in [-0.3, -0.25) is 9.69 Å². The van der Waals surface area contributed by atoms with Gasteiger partial charge in [0.2, 0.25) is 0 Å². The number of carboxylic acids is 1. The molecule has 0 aliphatic carbocycles. The van der Waals surface area contributed by atoms with Crippen LogP contribution in [0.15, 0.2) is 35.0 Å². The summed E-state index contributed by atoms with van der Waals surface area (Å²) >= 11 is 0. The number of aliphatic carboxylic acids is 1. The number of aromatic nitrogens is 2. The van der Waals surface area contributed by atoms with Crippen molar-refractivity contribution in [3.05, 3.63) is 47.3 Å². The van der Waals surface area contributed by atoms with Gasteiger partial charge in [0.25, 0.3) is 0 Å². The van der Waals surface area contributed by atoms with E-state index in [1.165, 1.54) is 0 Å². The minimum atomic E-state index is -0.841. The lowest BCUT2D eigenvalue weighted by molar-refractivity contribution is -0.143. The molecule has 1 aromatic heterocycles. The van der Waals surface area contributed by atoms with Crippen LogP contribution in [0.2, 0.25) is 0 Å². The van der Waals surface area contributed by atoms with Gasteiger partial charge in [-0.15, -0.1) is 0 Å². The first-order valence-corrected chi connectivity index (χ1v) is 6.91. The van der Waals surface area contributed by atoms with Crippen molar-refractivity contribution in [3.8, 4) is 0 Å². The van der Waals surface area contributed by atoms with Crippen molar-refractivity contribution in [1.82, 2.24) is 15.2 Å². The van der Waals surface area contributed by atoms with Crippen molar-refractivity contribution >= 4 is 5.97 Å². The smallest absolute Gasteiger partial charge is 0.315 e. The van der Waals surface area contributed by atoms with Gasteiger partial charge in [-0.25, -0.2) is 4.63 Å². The molecule has 110 valence electrons. The van der Waals surface area contributed by atoms with Crippen LogP contribution < -0.4 is 0 Å². The SMILES string of the molecule is Cc1nonc1CN1CC[C@@](C(=O)O)(c2ccccc2)C1. The predicted octanol–water partition coefficient (Wildman–Crippen LogP) is 1.61. The lowest BCUT2D eigenvalue weighted by Crippen LogP contribution is -2.38. The third kappa shape index (κ3) is 2.42. The molecule has 1 atom stereocenters. The molecule has 1 fully saturated rings. The Morgan fingerprint density at radius 3 is 2.76 bits per heavy atom. The van der Waals surface area contributed by atoms with E-state index in [0.717, 1.165) is 17.0 Å². The molecule has 21 heavy (non-hydrogen) atoms. The lowest BCUT2D eigenvalue weighted by Gasteiger charge is -2.25. The molecule has 0 radical (unpaired) electrons. The zero-order valence-corrected chi connectivity index (χ0v) is 11.8. The number of benzene rings is 1. The summed E-state index contributed by atoms with van der Waals surface area (Å²) in [5.74, 6) is -0.772. The summed E-state index contributed by atoms with van der Waals surface area (Å²) < 4.78 is 4.70. The lowest BCUT2D eigenvalue weighted by atomic mass is 9.80. The fourth-order valence-corrected chi connectivity index (χ4v) is 2.92. The molecule has 3 rings (SSSR count). The number of carboxylic acid groups (broad SMARTS) is 1. The van der Waals surface area contributed by atoms with Gasteiger partial charge in [-0.05, 0) is 18.9 Å². The molecule has 0 amide bonds. The molecule has 1 saturated heterocycles. The number of aryl methyl sites for hydroxylation is 1. The fraction of sp³-hybridized carbons (Fsp3) is 0.400. The summed E-state index contributed by atoms with van der Waals surface area (Å²) in [5.41, 5.74) is 1.54. The highest BCUT2D eigenvalue weighted by atomic mass is 16.6. The van der Waals surface area contributed by atoms with E-state index < -0.39 is 11.4 Å². The quantitative estimate of drug-likeness (QED) is 0.920. The molecule has 1 aromatic carbocycles. The molecule has 6 heteroatoms. The van der Waals surface area contributed by atoms with Crippen LogP contribution in [0, 0.1) is 6.92 Å². The van der Waals surface area contributed by atoms with E-state index in [4.69, 9.17) is 4.63 Å². The number of hydrogen-bond acceptors (Lipinski definition) is 5. The highest BCUT2D eigenvalue weighted by Gasteiger charge is 2.46. The number of nitrogens with zero attached hydrogens (tertiary/aromatic N) is 3. The first-order chi connectivity index (χ1) is 10.1. The van der Waals surface area contributed by atoms with Gasteiger partial charge in [0.05, 0.1) is 0 Å². The zero-order chi connectivity index (χ0) is 14.9. The van der Waals surface area contributed by atoms with Crippen LogP contribution in [0.4, 0.5) is 0 Å². The van der Waals surface area contributed by atoms with Crippen molar-refractivity contribution < 1.29 is 14.5 Å². The molecule has 2 heterocycles. The highest BCUT2D eigenvalue weighted by Crippen LogP contribution is 2.35. The maximum absolute atomic E-state index is 11.9. The summed E-state index contributed by atoms with van der Waals surface area (Å²) in [6.07, 6.45) is 0.594. The van der Waals surface area contributed by atoms with Crippen LogP contribution >= 0.6 is 0 Å². The van der Waals surface area contributed by atoms with Crippen molar-refractivity contribution in [2.24, 2.45) is 0 Å². The average Bonchev–Trinajstić information content (AvgIpc) is 3.09. The Morgan fingerprint density at radius 1 is 1.38 bits per heavy atom. The van der Waals surface area contributed by atoms with E-state index in [1.807, 2.05) is 37.3 Å². The van der Waals surface area contributed by atoms with Crippen LogP contribution in [0.5, 0.6) is 0 Å². The number of carbonyl (C=O) groups is 1. The number of hydrogen-bond donors (Lipinski definition) is 1. The van der Waals surface area contributed by atoms with Crippen molar-refractivity contribution in [1.29, 1.82) is 0 Å². The van der Waals surface area contributed by atoms with Crippen LogP contribution in [0.3, 0.4) is 0 Å². The summed E-state index contributed by atoms with van der Waals surface area (Å²) in [7, 11) is 0. The van der Waals surface area contributed by atoms with Gasteiger partial charge in [-0.1, -0.05) is 40.6 Å². The van der Waals surface area contributed by atoms with Gasteiger partial charge >= 0.3 is 5.97 Å². The van der Waals surface area contributed by atoms with E-state index in [0.29, 0.717) is 26.1 Å². The molecular weight excluding hydrogens is 270 g/mol. The van der Waals surface area contributed by atoms with Crippen LogP contribution in [0.25, 0.3) is 0 Å². The Balaban J connectivity index is 1.82. The molecular formula is C15H17N3O3. The van der Waals surface area contributed by atoms with E-state index in [1.54, 1.807) is 0 Å². The molecule has 1 aliphatic heterocycles. The first kappa shape index (κ1) is 13.8. The Morgan fingerprint density at radius 2 is 2.14 bits per heavy atom. The van der Waals surface area contributed by atoms with Gasteiger partial charge in [0, 0.05) is 19.6 Å². The van der Waals surface area contributed by atoms with Crippen molar-refractivity contribution in [2.75, 3.05) is 13.1 Å². The largest absolute Gasteiger partial charge is 0.481 e. The normalized spacial score (nSPS) is 22.5. The fourth-order valence-electron chi connectivity index (χ4n) is 2.92. The third-order valence-electron chi connectivity index (χ3n) is 4.20. The zero-order valence-electron chi connectivity index (χ0n) is 11.8. The summed E-state index contributed by atoms with van der Waals surface area (Å²) in [5, 5.41) is 17.4. The van der Waals surface area contributed by atoms with Gasteiger partial charge in [0.15, 0.2) is 0 Å². The van der Waals surface area contributed by atoms with Gasteiger partial charge in [0.1, 0.15) is 16.8 Å². The minimum Gasteiger partial charge on any atom is -0.481 e. The van der Waals surface area contributed by atoms with E-state index >= 15 is 0 Å². The molecule has 1 aliphatic rings. The maximum Gasteiger partial charge on any atom is 0.315 e. The monoisotopic (exact) mass is 287 g/mol. The van der Waals surface area contributed by atoms with Crippen molar-refractivity contribution in [2.45, 2.75) is 25.3 Å². The summed E-state index contributed by atoms with van der Waals surface area (Å²) in [4.78, 5) is 14.0. The molecule has 0 unspecified atom stereocenters. The molecule has 2 aromatic rings. The molecule has 6 nitrogen and oxygen atoms in total. The van der Waals surface area contributed by atoms with E-state index in [9.17, 15) is 9.90 Å². The van der Waals surface area contributed by atoms with Gasteiger partial charge < -0.3 is 5.11 Å². The first-order valence-electron chi connectivity index (χ1n) is 6.91.